The van der Waals surface area contributed by atoms with Gasteiger partial charge in [0.2, 0.25) is 0 Å². The van der Waals surface area contributed by atoms with Gasteiger partial charge in [0.05, 0.1) is 5.39 Å². The summed E-state index contributed by atoms with van der Waals surface area (Å²) < 4.78 is 6.10. The third-order valence-corrected chi connectivity index (χ3v) is 5.37. The first-order valence-corrected chi connectivity index (χ1v) is 7.69. The first-order valence-electron chi connectivity index (χ1n) is 7.69. The summed E-state index contributed by atoms with van der Waals surface area (Å²) >= 11 is 0. The lowest BCUT2D eigenvalue weighted by atomic mass is 9.63. The maximum atomic E-state index is 10.7. The van der Waals surface area contributed by atoms with E-state index in [-0.39, 0.29) is 11.2 Å². The van der Waals surface area contributed by atoms with Gasteiger partial charge in [-0.25, -0.2) is 0 Å². The molecule has 3 N–H and O–H groups in total. The summed E-state index contributed by atoms with van der Waals surface area (Å²) in [6, 6.07) is 0. The van der Waals surface area contributed by atoms with Crippen LogP contribution in [0.4, 0.5) is 0 Å². The Labute approximate surface area is 140 Å². The number of aromatic hydroxyl groups is 1. The van der Waals surface area contributed by atoms with E-state index in [1.165, 1.54) is 5.46 Å². The van der Waals surface area contributed by atoms with E-state index in [1.54, 1.807) is 7.85 Å². The van der Waals surface area contributed by atoms with Crippen LogP contribution in [-0.2, 0) is 0 Å². The second-order valence-electron chi connectivity index (χ2n) is 6.40. The molecule has 23 heavy (non-hydrogen) atoms. The van der Waals surface area contributed by atoms with E-state index in [9.17, 15) is 15.2 Å². The molecule has 1 aromatic heterocycles. The minimum Gasteiger partial charge on any atom is -0.508 e. The average molecular weight is 299 g/mol. The van der Waals surface area contributed by atoms with Gasteiger partial charge in [0, 0.05) is 10.8 Å². The number of fused-ring (bicyclic) bond motifs is 3. The number of furan rings is 1. The van der Waals surface area contributed by atoms with Gasteiger partial charge in [0.15, 0.2) is 0 Å². The fourth-order valence-corrected chi connectivity index (χ4v) is 3.46. The number of hydrogen-bond acceptors (Lipinski definition) is 4. The summed E-state index contributed by atoms with van der Waals surface area (Å²) in [6.07, 6.45) is 0. The predicted octanol–water partition coefficient (Wildman–Crippen LogP) is -9.48. The second-order valence-corrected chi connectivity index (χ2v) is 6.40. The topological polar surface area (TPSA) is 73.8 Å². The third kappa shape index (κ3) is 2.03. The fraction of sp³-hybridized carbons (Fsp3) is 0. The zero-order chi connectivity index (χ0) is 17.2. The van der Waals surface area contributed by atoms with Crippen molar-refractivity contribution in [3.8, 4) is 5.75 Å². The van der Waals surface area contributed by atoms with Gasteiger partial charge in [0.1, 0.15) is 64.0 Å². The molecule has 0 spiro atoms. The molecule has 3 aromatic rings. The monoisotopic (exact) mass is 300 g/mol. The number of rotatable bonds is 1. The molecule has 0 radical (unpaired) electrons. The SMILES string of the molecule is Bc1c(B)c(B)c2c(oc3c(B)c(B)c(B(O)O)c(O)c32)c1B. The molecule has 2 aromatic carbocycles. The Bertz CT molecular complexity index is 980. The van der Waals surface area contributed by atoms with Gasteiger partial charge in [-0.3, -0.25) is 0 Å². The fourth-order valence-electron chi connectivity index (χ4n) is 3.46. The van der Waals surface area contributed by atoms with Crippen molar-refractivity contribution in [3.63, 3.8) is 0 Å². The standard InChI is InChI=1S/C12H15B7O4/c13-3-1-2-10(20)9(19(21)22)6(16)8(18)12(2)23-11(1)7(17)5(15)4(3)14/h20-22H,13-18H2. The Hall–Kier alpha value is -1.59. The lowest BCUT2D eigenvalue weighted by Crippen LogP contribution is -2.48. The van der Waals surface area contributed by atoms with E-state index < -0.39 is 7.12 Å². The van der Waals surface area contributed by atoms with Crippen LogP contribution in [0.15, 0.2) is 4.42 Å². The van der Waals surface area contributed by atoms with Gasteiger partial charge >= 0.3 is 7.12 Å². The molecule has 108 valence electrons. The minimum absolute atomic E-state index is 0.109. The van der Waals surface area contributed by atoms with Gasteiger partial charge in [-0.05, 0) is 0 Å². The molecule has 11 heteroatoms. The molecule has 0 atom stereocenters. The second kappa shape index (κ2) is 5.21. The zero-order valence-electron chi connectivity index (χ0n) is 14.3. The Morgan fingerprint density at radius 3 is 1.70 bits per heavy atom. The molecule has 0 aliphatic carbocycles. The Morgan fingerprint density at radius 1 is 0.652 bits per heavy atom. The van der Waals surface area contributed by atoms with Crippen molar-refractivity contribution in [2.75, 3.05) is 0 Å². The van der Waals surface area contributed by atoms with Crippen LogP contribution in [0.3, 0.4) is 0 Å². The van der Waals surface area contributed by atoms with Gasteiger partial charge < -0.3 is 19.6 Å². The van der Waals surface area contributed by atoms with Crippen molar-refractivity contribution in [3.05, 3.63) is 0 Å². The average Bonchev–Trinajstić information content (AvgIpc) is 2.89. The van der Waals surface area contributed by atoms with Crippen molar-refractivity contribution in [1.29, 1.82) is 0 Å². The molecular weight excluding hydrogens is 284 g/mol. The van der Waals surface area contributed by atoms with E-state index >= 15 is 0 Å². The van der Waals surface area contributed by atoms with E-state index in [2.05, 4.69) is 15.7 Å². The van der Waals surface area contributed by atoms with Crippen molar-refractivity contribution in [2.45, 2.75) is 0 Å². The van der Waals surface area contributed by atoms with Crippen LogP contribution < -0.4 is 38.2 Å². The molecule has 0 bridgehead atoms. The van der Waals surface area contributed by atoms with Gasteiger partial charge in [0.25, 0.3) is 0 Å². The van der Waals surface area contributed by atoms with Crippen LogP contribution in [0.5, 0.6) is 5.75 Å². The van der Waals surface area contributed by atoms with Crippen LogP contribution in [0.2, 0.25) is 0 Å². The highest BCUT2D eigenvalue weighted by atomic mass is 16.4. The van der Waals surface area contributed by atoms with Crippen molar-refractivity contribution < 1.29 is 19.6 Å². The van der Waals surface area contributed by atoms with E-state index in [4.69, 9.17) is 4.42 Å². The van der Waals surface area contributed by atoms with Gasteiger partial charge in [-0.1, -0.05) is 27.3 Å². The molecule has 0 unspecified atom stereocenters. The maximum absolute atomic E-state index is 10.7. The minimum atomic E-state index is -1.73. The third-order valence-electron chi connectivity index (χ3n) is 5.37. The Balaban J connectivity index is 2.69. The van der Waals surface area contributed by atoms with Gasteiger partial charge in [-0.15, -0.1) is 5.46 Å². The van der Waals surface area contributed by atoms with E-state index in [0.29, 0.717) is 16.4 Å². The van der Waals surface area contributed by atoms with E-state index in [1.807, 2.05) is 23.5 Å². The van der Waals surface area contributed by atoms with Gasteiger partial charge in [-0.2, -0.15) is 0 Å². The summed E-state index contributed by atoms with van der Waals surface area (Å²) in [5, 5.41) is 31.5. The molecule has 0 aliphatic heterocycles. The molecule has 3 rings (SSSR count). The molecular formula is C12H15B7O4. The highest BCUT2D eigenvalue weighted by Gasteiger charge is 2.27. The molecule has 0 saturated heterocycles. The summed E-state index contributed by atoms with van der Waals surface area (Å²) in [7, 11) is 10.0. The number of benzene rings is 2. The summed E-state index contributed by atoms with van der Waals surface area (Å²) in [5.74, 6) is -0.109. The molecule has 0 fully saturated rings. The summed E-state index contributed by atoms with van der Waals surface area (Å²) in [6.45, 7) is 0. The molecule has 0 aliphatic rings. The van der Waals surface area contributed by atoms with Crippen LogP contribution in [0.25, 0.3) is 21.9 Å². The number of hydrogen-bond donors (Lipinski definition) is 3. The number of phenolic OH excluding ortho intramolecular Hbond substituents is 1. The first-order chi connectivity index (χ1) is 10.7. The first kappa shape index (κ1) is 16.3. The number of phenols is 1. The quantitative estimate of drug-likeness (QED) is 0.390. The van der Waals surface area contributed by atoms with Crippen molar-refractivity contribution in [1.82, 2.24) is 0 Å². The predicted molar refractivity (Wildman–Crippen MR) is 114 cm³/mol. The summed E-state index contributed by atoms with van der Waals surface area (Å²) in [4.78, 5) is 0. The highest BCUT2D eigenvalue weighted by molar-refractivity contribution is 6.72. The normalized spacial score (nSPS) is 11.4. The van der Waals surface area contributed by atoms with E-state index in [0.717, 1.165) is 32.8 Å². The molecule has 4 nitrogen and oxygen atoms in total. The highest BCUT2D eigenvalue weighted by Crippen LogP contribution is 2.29. The lowest BCUT2D eigenvalue weighted by Gasteiger charge is -2.13. The smallest absolute Gasteiger partial charge is 0.491 e. The molecule has 0 amide bonds. The Kier molecular flexibility index (Phi) is 3.69. The maximum Gasteiger partial charge on any atom is 0.491 e. The van der Waals surface area contributed by atoms with Crippen LogP contribution in [0, 0.1) is 0 Å². The molecule has 1 heterocycles. The van der Waals surface area contributed by atoms with Crippen molar-refractivity contribution in [2.24, 2.45) is 0 Å². The zero-order valence-corrected chi connectivity index (χ0v) is 14.3. The summed E-state index contributed by atoms with van der Waals surface area (Å²) in [5.41, 5.74) is 7.36. The largest absolute Gasteiger partial charge is 0.508 e. The lowest BCUT2D eigenvalue weighted by molar-refractivity contribution is 0.421. The van der Waals surface area contributed by atoms with Crippen LogP contribution in [0.1, 0.15) is 0 Å². The molecule has 0 saturated carbocycles. The Morgan fingerprint density at radius 2 is 1.13 bits per heavy atom. The van der Waals surface area contributed by atoms with Crippen LogP contribution in [-0.4, -0.2) is 69.4 Å². The van der Waals surface area contributed by atoms with Crippen molar-refractivity contribution >= 4 is 114 Å². The van der Waals surface area contributed by atoms with Crippen LogP contribution >= 0.6 is 0 Å².